The maximum absolute atomic E-state index is 12.4. The number of nitrogens with zero attached hydrogens (tertiary/aromatic N) is 4. The van der Waals surface area contributed by atoms with Crippen LogP contribution in [0.3, 0.4) is 0 Å². The quantitative estimate of drug-likeness (QED) is 0.921. The van der Waals surface area contributed by atoms with E-state index in [2.05, 4.69) is 15.5 Å². The maximum Gasteiger partial charge on any atom is 0.258 e. The van der Waals surface area contributed by atoms with E-state index in [1.54, 1.807) is 21.8 Å². The molecule has 0 fully saturated rings. The summed E-state index contributed by atoms with van der Waals surface area (Å²) in [6.45, 7) is 5.34. The zero-order valence-corrected chi connectivity index (χ0v) is 12.5. The topological polar surface area (TPSA) is 74.0 Å². The third-order valence-electron chi connectivity index (χ3n) is 3.88. The molecule has 0 bridgehead atoms. The van der Waals surface area contributed by atoms with Crippen molar-refractivity contribution < 1.29 is 9.53 Å². The van der Waals surface area contributed by atoms with Crippen molar-refractivity contribution in [3.63, 3.8) is 0 Å². The van der Waals surface area contributed by atoms with Gasteiger partial charge in [0.2, 0.25) is 5.88 Å². The van der Waals surface area contributed by atoms with E-state index in [-0.39, 0.29) is 11.9 Å². The minimum atomic E-state index is -0.172. The molecule has 1 atom stereocenters. The third-order valence-corrected chi connectivity index (χ3v) is 3.88. The predicted octanol–water partition coefficient (Wildman–Crippen LogP) is 1.20. The van der Waals surface area contributed by atoms with Crippen molar-refractivity contribution in [1.29, 1.82) is 0 Å². The molecule has 0 aliphatic carbocycles. The van der Waals surface area contributed by atoms with Crippen LogP contribution in [-0.2, 0) is 13.6 Å². The van der Waals surface area contributed by atoms with Crippen molar-refractivity contribution in [3.8, 4) is 5.88 Å². The van der Waals surface area contributed by atoms with Crippen LogP contribution in [0.1, 0.15) is 41.0 Å². The highest BCUT2D eigenvalue weighted by molar-refractivity contribution is 5.96. The number of carbonyl (C=O) groups is 1. The van der Waals surface area contributed by atoms with Gasteiger partial charge in [-0.2, -0.15) is 10.2 Å². The monoisotopic (exact) mass is 289 g/mol. The summed E-state index contributed by atoms with van der Waals surface area (Å²) >= 11 is 0. The fraction of sp³-hybridized carbons (Fsp3) is 0.500. The number of amides is 1. The first-order valence-electron chi connectivity index (χ1n) is 7.06. The van der Waals surface area contributed by atoms with E-state index in [0.29, 0.717) is 18.1 Å². The molecule has 3 rings (SSSR count). The zero-order chi connectivity index (χ0) is 15.0. The van der Waals surface area contributed by atoms with E-state index < -0.39 is 0 Å². The van der Waals surface area contributed by atoms with Gasteiger partial charge in [-0.15, -0.1) is 0 Å². The second-order valence-corrected chi connectivity index (χ2v) is 5.29. The molecule has 7 heteroatoms. The Hall–Kier alpha value is -2.31. The Morgan fingerprint density at radius 1 is 1.43 bits per heavy atom. The number of nitrogens with one attached hydrogen (secondary N) is 1. The molecule has 0 saturated heterocycles. The second-order valence-electron chi connectivity index (χ2n) is 5.29. The Balaban J connectivity index is 1.77. The number of hydrogen-bond acceptors (Lipinski definition) is 4. The smallest absolute Gasteiger partial charge is 0.258 e. The fourth-order valence-corrected chi connectivity index (χ4v) is 2.52. The van der Waals surface area contributed by atoms with Crippen LogP contribution in [0, 0.1) is 6.92 Å². The summed E-state index contributed by atoms with van der Waals surface area (Å²) in [4.78, 5) is 12.4. The van der Waals surface area contributed by atoms with E-state index in [1.807, 2.05) is 20.9 Å². The summed E-state index contributed by atoms with van der Waals surface area (Å²) in [5, 5.41) is 11.4. The lowest BCUT2D eigenvalue weighted by atomic mass is 10.1. The highest BCUT2D eigenvalue weighted by Crippen LogP contribution is 2.23. The molecule has 0 spiro atoms. The van der Waals surface area contributed by atoms with Crippen LogP contribution in [0.4, 0.5) is 0 Å². The van der Waals surface area contributed by atoms with Crippen molar-refractivity contribution in [2.24, 2.45) is 7.05 Å². The standard InChI is InChI=1S/C14H19N5O2/c1-9(11-7-15-18(3)10(11)2)17-13(20)12-8-16-19-5-4-6-21-14(12)19/h7-9H,4-6H2,1-3H3,(H,17,20). The highest BCUT2D eigenvalue weighted by Gasteiger charge is 2.23. The van der Waals surface area contributed by atoms with Gasteiger partial charge in [0.1, 0.15) is 5.56 Å². The van der Waals surface area contributed by atoms with Crippen molar-refractivity contribution in [2.45, 2.75) is 32.9 Å². The number of aryl methyl sites for hydroxylation is 2. The van der Waals surface area contributed by atoms with Crippen LogP contribution < -0.4 is 10.1 Å². The summed E-state index contributed by atoms with van der Waals surface area (Å²) in [5.74, 6) is 0.391. The Morgan fingerprint density at radius 2 is 2.24 bits per heavy atom. The molecule has 21 heavy (non-hydrogen) atoms. The predicted molar refractivity (Wildman–Crippen MR) is 76.2 cm³/mol. The molecular formula is C14H19N5O2. The van der Waals surface area contributed by atoms with Crippen molar-refractivity contribution in [1.82, 2.24) is 24.9 Å². The average Bonchev–Trinajstić information content (AvgIpc) is 3.04. The van der Waals surface area contributed by atoms with Crippen molar-refractivity contribution >= 4 is 5.91 Å². The highest BCUT2D eigenvalue weighted by atomic mass is 16.5. The molecule has 7 nitrogen and oxygen atoms in total. The SMILES string of the molecule is Cc1c(C(C)NC(=O)c2cnn3c2OCCC3)cnn1C. The Bertz CT molecular complexity index is 673. The van der Waals surface area contributed by atoms with Gasteiger partial charge in [-0.1, -0.05) is 0 Å². The van der Waals surface area contributed by atoms with Crippen LogP contribution in [0.15, 0.2) is 12.4 Å². The van der Waals surface area contributed by atoms with Crippen molar-refractivity contribution in [3.05, 3.63) is 29.2 Å². The van der Waals surface area contributed by atoms with Crippen molar-refractivity contribution in [2.75, 3.05) is 6.61 Å². The molecule has 1 amide bonds. The molecule has 3 heterocycles. The lowest BCUT2D eigenvalue weighted by molar-refractivity contribution is 0.0933. The molecule has 0 aromatic carbocycles. The van der Waals surface area contributed by atoms with Crippen LogP contribution in [0.5, 0.6) is 5.88 Å². The Kier molecular flexibility index (Phi) is 3.40. The first-order valence-corrected chi connectivity index (χ1v) is 7.06. The average molecular weight is 289 g/mol. The van der Waals surface area contributed by atoms with Gasteiger partial charge in [0.15, 0.2) is 0 Å². The number of rotatable bonds is 3. The van der Waals surface area contributed by atoms with Gasteiger partial charge in [-0.25, -0.2) is 4.68 Å². The summed E-state index contributed by atoms with van der Waals surface area (Å²) < 4.78 is 9.08. The van der Waals surface area contributed by atoms with E-state index in [0.717, 1.165) is 24.2 Å². The molecule has 1 unspecified atom stereocenters. The summed E-state index contributed by atoms with van der Waals surface area (Å²) in [6.07, 6.45) is 4.27. The molecule has 0 radical (unpaired) electrons. The third kappa shape index (κ3) is 2.39. The number of carbonyl (C=O) groups excluding carboxylic acids is 1. The van der Waals surface area contributed by atoms with Gasteiger partial charge in [-0.05, 0) is 13.8 Å². The summed E-state index contributed by atoms with van der Waals surface area (Å²) in [5.41, 5.74) is 2.53. The minimum absolute atomic E-state index is 0.120. The summed E-state index contributed by atoms with van der Waals surface area (Å²) in [6, 6.07) is -0.120. The van der Waals surface area contributed by atoms with E-state index in [9.17, 15) is 4.79 Å². The fourth-order valence-electron chi connectivity index (χ4n) is 2.52. The number of aromatic nitrogens is 4. The zero-order valence-electron chi connectivity index (χ0n) is 12.5. The molecule has 1 aliphatic rings. The van der Waals surface area contributed by atoms with E-state index >= 15 is 0 Å². The van der Waals surface area contributed by atoms with E-state index in [4.69, 9.17) is 4.74 Å². The van der Waals surface area contributed by atoms with E-state index in [1.165, 1.54) is 0 Å². The van der Waals surface area contributed by atoms with Gasteiger partial charge in [0.25, 0.3) is 5.91 Å². The first-order chi connectivity index (χ1) is 10.1. The van der Waals surface area contributed by atoms with Crippen LogP contribution in [0.25, 0.3) is 0 Å². The number of hydrogen-bond donors (Lipinski definition) is 1. The molecule has 0 saturated carbocycles. The van der Waals surface area contributed by atoms with Crippen LogP contribution in [-0.4, -0.2) is 32.1 Å². The van der Waals surface area contributed by atoms with Crippen LogP contribution in [0.2, 0.25) is 0 Å². The number of fused-ring (bicyclic) bond motifs is 1. The largest absolute Gasteiger partial charge is 0.477 e. The second kappa shape index (κ2) is 5.23. The number of ether oxygens (including phenoxy) is 1. The van der Waals surface area contributed by atoms with Gasteiger partial charge < -0.3 is 10.1 Å². The molecule has 112 valence electrons. The first kappa shape index (κ1) is 13.7. The molecule has 2 aromatic heterocycles. The van der Waals surface area contributed by atoms with Crippen LogP contribution >= 0.6 is 0 Å². The normalized spacial score (nSPS) is 15.2. The Labute approximate surface area is 122 Å². The molecule has 1 aliphatic heterocycles. The summed E-state index contributed by atoms with van der Waals surface area (Å²) in [7, 11) is 1.88. The molecular weight excluding hydrogens is 270 g/mol. The lowest BCUT2D eigenvalue weighted by Crippen LogP contribution is -2.27. The van der Waals surface area contributed by atoms with Gasteiger partial charge in [-0.3, -0.25) is 9.48 Å². The molecule has 1 N–H and O–H groups in total. The lowest BCUT2D eigenvalue weighted by Gasteiger charge is -2.17. The molecule has 2 aromatic rings. The van der Waals surface area contributed by atoms with Gasteiger partial charge in [0.05, 0.1) is 25.0 Å². The Morgan fingerprint density at radius 3 is 2.95 bits per heavy atom. The van der Waals surface area contributed by atoms with Gasteiger partial charge >= 0.3 is 0 Å². The minimum Gasteiger partial charge on any atom is -0.477 e. The van der Waals surface area contributed by atoms with Gasteiger partial charge in [0, 0.05) is 31.3 Å². The maximum atomic E-state index is 12.4.